The van der Waals surface area contributed by atoms with Crippen LogP contribution in [0.3, 0.4) is 0 Å². The van der Waals surface area contributed by atoms with Crippen LogP contribution in [0.5, 0.6) is 0 Å². The molecule has 94 valence electrons. The summed E-state index contributed by atoms with van der Waals surface area (Å²) in [6.07, 6.45) is 0. The molecule has 4 heteroatoms. The largest absolute Gasteiger partial charge is 0.396 e. The molecule has 0 saturated heterocycles. The predicted octanol–water partition coefficient (Wildman–Crippen LogP) is 1.71. The maximum absolute atomic E-state index is 12.9. The first-order valence-corrected chi connectivity index (χ1v) is 5.67. The van der Waals surface area contributed by atoms with E-state index in [2.05, 4.69) is 5.32 Å². The SMILES string of the molecule is CC(C)C(CO)C(=O)NCc1cccc(F)c1. The second-order valence-corrected chi connectivity index (χ2v) is 4.38. The van der Waals surface area contributed by atoms with E-state index in [1.165, 1.54) is 12.1 Å². The van der Waals surface area contributed by atoms with E-state index in [0.29, 0.717) is 5.56 Å². The van der Waals surface area contributed by atoms with Crippen LogP contribution >= 0.6 is 0 Å². The fraction of sp³-hybridized carbons (Fsp3) is 0.462. The van der Waals surface area contributed by atoms with E-state index in [9.17, 15) is 9.18 Å². The van der Waals surface area contributed by atoms with E-state index in [4.69, 9.17) is 5.11 Å². The van der Waals surface area contributed by atoms with Gasteiger partial charge in [-0.3, -0.25) is 4.79 Å². The number of rotatable bonds is 5. The first-order valence-electron chi connectivity index (χ1n) is 5.67. The van der Waals surface area contributed by atoms with E-state index in [-0.39, 0.29) is 30.8 Å². The first kappa shape index (κ1) is 13.6. The zero-order chi connectivity index (χ0) is 12.8. The van der Waals surface area contributed by atoms with Gasteiger partial charge < -0.3 is 10.4 Å². The topological polar surface area (TPSA) is 49.3 Å². The fourth-order valence-electron chi connectivity index (χ4n) is 1.56. The zero-order valence-corrected chi connectivity index (χ0v) is 10.1. The van der Waals surface area contributed by atoms with Gasteiger partial charge in [0.1, 0.15) is 5.82 Å². The molecule has 0 heterocycles. The minimum atomic E-state index is -0.413. The molecule has 1 aromatic carbocycles. The summed E-state index contributed by atoms with van der Waals surface area (Å²) in [5.74, 6) is -0.859. The summed E-state index contributed by atoms with van der Waals surface area (Å²) in [6.45, 7) is 3.86. The van der Waals surface area contributed by atoms with Crippen LogP contribution in [0.1, 0.15) is 19.4 Å². The van der Waals surface area contributed by atoms with Crippen LogP contribution in [-0.4, -0.2) is 17.6 Å². The number of hydrogen-bond acceptors (Lipinski definition) is 2. The van der Waals surface area contributed by atoms with E-state index in [1.54, 1.807) is 12.1 Å². The molecule has 0 bridgehead atoms. The number of aliphatic hydroxyl groups excluding tert-OH is 1. The van der Waals surface area contributed by atoms with Gasteiger partial charge >= 0.3 is 0 Å². The van der Waals surface area contributed by atoms with Gasteiger partial charge in [0.25, 0.3) is 0 Å². The second kappa shape index (κ2) is 6.35. The zero-order valence-electron chi connectivity index (χ0n) is 10.1. The van der Waals surface area contributed by atoms with Crippen molar-refractivity contribution >= 4 is 5.91 Å². The van der Waals surface area contributed by atoms with Crippen molar-refractivity contribution in [2.24, 2.45) is 11.8 Å². The molecule has 1 rings (SSSR count). The Hall–Kier alpha value is -1.42. The second-order valence-electron chi connectivity index (χ2n) is 4.38. The van der Waals surface area contributed by atoms with Gasteiger partial charge in [0.05, 0.1) is 12.5 Å². The van der Waals surface area contributed by atoms with Crippen molar-refractivity contribution in [1.29, 1.82) is 0 Å². The van der Waals surface area contributed by atoms with Crippen LogP contribution in [0.2, 0.25) is 0 Å². The number of halogens is 1. The number of benzene rings is 1. The van der Waals surface area contributed by atoms with Crippen molar-refractivity contribution in [1.82, 2.24) is 5.32 Å². The summed E-state index contributed by atoms with van der Waals surface area (Å²) < 4.78 is 12.9. The van der Waals surface area contributed by atoms with Crippen molar-refractivity contribution in [3.63, 3.8) is 0 Å². The van der Waals surface area contributed by atoms with Gasteiger partial charge in [0, 0.05) is 6.54 Å². The molecule has 1 amide bonds. The lowest BCUT2D eigenvalue weighted by molar-refractivity contribution is -0.127. The standard InChI is InChI=1S/C13H18FNO2/c1-9(2)12(8-16)13(17)15-7-10-4-3-5-11(14)6-10/h3-6,9,12,16H,7-8H2,1-2H3,(H,15,17). The molecule has 1 aromatic rings. The van der Waals surface area contributed by atoms with Crippen LogP contribution in [0, 0.1) is 17.7 Å². The average Bonchev–Trinajstić information content (AvgIpc) is 2.27. The fourth-order valence-corrected chi connectivity index (χ4v) is 1.56. The average molecular weight is 239 g/mol. The summed E-state index contributed by atoms with van der Waals surface area (Å²) in [5, 5.41) is 11.8. The van der Waals surface area contributed by atoms with Crippen LogP contribution < -0.4 is 5.32 Å². The van der Waals surface area contributed by atoms with Crippen molar-refractivity contribution in [3.05, 3.63) is 35.6 Å². The van der Waals surface area contributed by atoms with Gasteiger partial charge in [0.2, 0.25) is 5.91 Å². The van der Waals surface area contributed by atoms with Crippen molar-refractivity contribution < 1.29 is 14.3 Å². The Morgan fingerprint density at radius 3 is 2.71 bits per heavy atom. The minimum Gasteiger partial charge on any atom is -0.396 e. The molecule has 0 aliphatic carbocycles. The van der Waals surface area contributed by atoms with Crippen LogP contribution in [0.15, 0.2) is 24.3 Å². The van der Waals surface area contributed by atoms with Gasteiger partial charge in [-0.1, -0.05) is 26.0 Å². The minimum absolute atomic E-state index is 0.0764. The molecule has 0 aromatic heterocycles. The molecule has 17 heavy (non-hydrogen) atoms. The third kappa shape index (κ3) is 4.15. The van der Waals surface area contributed by atoms with Crippen molar-refractivity contribution in [3.8, 4) is 0 Å². The lowest BCUT2D eigenvalue weighted by Crippen LogP contribution is -2.35. The third-order valence-electron chi connectivity index (χ3n) is 2.69. The smallest absolute Gasteiger partial charge is 0.225 e. The molecule has 0 aliphatic rings. The number of carbonyl (C=O) groups is 1. The number of carbonyl (C=O) groups excluding carboxylic acids is 1. The maximum atomic E-state index is 12.9. The Morgan fingerprint density at radius 1 is 1.47 bits per heavy atom. The monoisotopic (exact) mass is 239 g/mol. The summed E-state index contributed by atoms with van der Waals surface area (Å²) in [7, 11) is 0. The summed E-state index contributed by atoms with van der Waals surface area (Å²) in [5.41, 5.74) is 0.707. The van der Waals surface area contributed by atoms with Crippen LogP contribution in [0.4, 0.5) is 4.39 Å². The molecule has 0 radical (unpaired) electrons. The Morgan fingerprint density at radius 2 is 2.18 bits per heavy atom. The summed E-state index contributed by atoms with van der Waals surface area (Å²) in [4.78, 5) is 11.7. The lowest BCUT2D eigenvalue weighted by atomic mass is 9.96. The quantitative estimate of drug-likeness (QED) is 0.821. The normalized spacial score (nSPS) is 12.5. The highest BCUT2D eigenvalue weighted by atomic mass is 19.1. The molecule has 0 spiro atoms. The number of aliphatic hydroxyl groups is 1. The lowest BCUT2D eigenvalue weighted by Gasteiger charge is -2.17. The molecule has 0 aliphatic heterocycles. The molecule has 1 atom stereocenters. The maximum Gasteiger partial charge on any atom is 0.225 e. The number of hydrogen-bond donors (Lipinski definition) is 2. The van der Waals surface area contributed by atoms with Gasteiger partial charge in [-0.2, -0.15) is 0 Å². The highest BCUT2D eigenvalue weighted by molar-refractivity contribution is 5.78. The molecule has 0 fully saturated rings. The van der Waals surface area contributed by atoms with E-state index in [0.717, 1.165) is 0 Å². The van der Waals surface area contributed by atoms with Crippen molar-refractivity contribution in [2.45, 2.75) is 20.4 Å². The van der Waals surface area contributed by atoms with Gasteiger partial charge in [0.15, 0.2) is 0 Å². The summed E-state index contributed by atoms with van der Waals surface area (Å²) in [6, 6.07) is 6.08. The molecular weight excluding hydrogens is 221 g/mol. The molecule has 1 unspecified atom stereocenters. The molecular formula is C13H18FNO2. The number of nitrogens with one attached hydrogen (secondary N) is 1. The predicted molar refractivity (Wildman–Crippen MR) is 63.7 cm³/mol. The van der Waals surface area contributed by atoms with E-state index in [1.807, 2.05) is 13.8 Å². The number of amides is 1. The van der Waals surface area contributed by atoms with Crippen molar-refractivity contribution in [2.75, 3.05) is 6.61 Å². The molecule has 3 nitrogen and oxygen atoms in total. The van der Waals surface area contributed by atoms with Crippen LogP contribution in [0.25, 0.3) is 0 Å². The Bertz CT molecular complexity index is 379. The molecule has 0 saturated carbocycles. The molecule has 2 N–H and O–H groups in total. The Balaban J connectivity index is 2.53. The highest BCUT2D eigenvalue weighted by Crippen LogP contribution is 2.10. The summed E-state index contributed by atoms with van der Waals surface area (Å²) >= 11 is 0. The Kier molecular flexibility index (Phi) is 5.10. The van der Waals surface area contributed by atoms with Gasteiger partial charge in [-0.25, -0.2) is 4.39 Å². The third-order valence-corrected chi connectivity index (χ3v) is 2.69. The first-order chi connectivity index (χ1) is 8.04. The van der Waals surface area contributed by atoms with Gasteiger partial charge in [-0.05, 0) is 23.6 Å². The van der Waals surface area contributed by atoms with Gasteiger partial charge in [-0.15, -0.1) is 0 Å². The highest BCUT2D eigenvalue weighted by Gasteiger charge is 2.20. The van der Waals surface area contributed by atoms with E-state index >= 15 is 0 Å². The Labute approximate surface area is 101 Å². The van der Waals surface area contributed by atoms with E-state index < -0.39 is 5.92 Å². The van der Waals surface area contributed by atoms with Crippen LogP contribution in [-0.2, 0) is 11.3 Å².